The molecule has 0 fully saturated rings. The number of benzene rings is 1. The first-order valence-electron chi connectivity index (χ1n) is 5.84. The first kappa shape index (κ1) is 12.0. The van der Waals surface area contributed by atoms with Crippen LogP contribution in [0, 0.1) is 5.92 Å². The molecule has 1 nitrogen and oxygen atoms in total. The Balaban J connectivity index is 0.000000531. The van der Waals surface area contributed by atoms with Gasteiger partial charge in [0.15, 0.2) is 0 Å². The van der Waals surface area contributed by atoms with E-state index in [1.54, 1.807) is 6.92 Å². The predicted molar refractivity (Wildman–Crippen MR) is 64.0 cm³/mol. The van der Waals surface area contributed by atoms with Gasteiger partial charge >= 0.3 is 0 Å². The zero-order valence-electron chi connectivity index (χ0n) is 9.92. The second kappa shape index (κ2) is 5.69. The molecule has 0 saturated heterocycles. The van der Waals surface area contributed by atoms with Crippen LogP contribution in [0.1, 0.15) is 38.3 Å². The largest absolute Gasteiger partial charge is 0.300 e. The molecule has 0 heterocycles. The van der Waals surface area contributed by atoms with Crippen molar-refractivity contribution in [3.63, 3.8) is 0 Å². The van der Waals surface area contributed by atoms with Gasteiger partial charge in [-0.15, -0.1) is 0 Å². The highest BCUT2D eigenvalue weighted by Gasteiger charge is 2.20. The van der Waals surface area contributed by atoms with Gasteiger partial charge in [-0.05, 0) is 37.3 Å². The van der Waals surface area contributed by atoms with E-state index < -0.39 is 0 Å². The Hall–Kier alpha value is -1.11. The van der Waals surface area contributed by atoms with Gasteiger partial charge in [0.25, 0.3) is 0 Å². The van der Waals surface area contributed by atoms with Gasteiger partial charge in [0, 0.05) is 5.92 Å². The fourth-order valence-corrected chi connectivity index (χ4v) is 2.04. The highest BCUT2D eigenvalue weighted by molar-refractivity contribution is 5.79. The molecule has 1 aromatic rings. The van der Waals surface area contributed by atoms with Crippen LogP contribution in [0.2, 0.25) is 0 Å². The number of Topliss-reactive ketones (excluding diaryl/α,β-unsaturated/α-hetero) is 1. The highest BCUT2D eigenvalue weighted by atomic mass is 16.1. The Bertz CT molecular complexity index is 328. The van der Waals surface area contributed by atoms with Crippen molar-refractivity contribution in [2.45, 2.75) is 40.0 Å². The molecule has 1 unspecified atom stereocenters. The summed E-state index contributed by atoms with van der Waals surface area (Å²) in [6.07, 6.45) is 3.05. The Morgan fingerprint density at radius 1 is 1.20 bits per heavy atom. The molecule has 1 aliphatic rings. The van der Waals surface area contributed by atoms with Crippen molar-refractivity contribution in [3.8, 4) is 0 Å². The standard InChI is InChI=1S/C12H14O.C2H6/c1-9(13)11-7-6-10-4-2-3-5-12(10)8-11;1-2/h2-5,11H,6-8H2,1H3;1-2H3. The zero-order valence-corrected chi connectivity index (χ0v) is 9.92. The molecule has 0 bridgehead atoms. The van der Waals surface area contributed by atoms with E-state index in [2.05, 4.69) is 24.3 Å². The topological polar surface area (TPSA) is 17.1 Å². The van der Waals surface area contributed by atoms with Crippen molar-refractivity contribution in [1.29, 1.82) is 0 Å². The van der Waals surface area contributed by atoms with Gasteiger partial charge in [0.05, 0.1) is 0 Å². The molecule has 0 radical (unpaired) electrons. The molecule has 0 aromatic heterocycles. The molecule has 0 N–H and O–H groups in total. The highest BCUT2D eigenvalue weighted by Crippen LogP contribution is 2.25. The van der Waals surface area contributed by atoms with Gasteiger partial charge in [-0.1, -0.05) is 38.1 Å². The molecule has 1 heteroatoms. The van der Waals surface area contributed by atoms with Crippen molar-refractivity contribution in [2.24, 2.45) is 5.92 Å². The quantitative estimate of drug-likeness (QED) is 0.685. The molecule has 0 spiro atoms. The summed E-state index contributed by atoms with van der Waals surface area (Å²) < 4.78 is 0. The Labute approximate surface area is 92.5 Å². The van der Waals surface area contributed by atoms with Crippen molar-refractivity contribution >= 4 is 5.78 Å². The number of carbonyl (C=O) groups excluding carboxylic acids is 1. The van der Waals surface area contributed by atoms with Crippen molar-refractivity contribution in [1.82, 2.24) is 0 Å². The van der Waals surface area contributed by atoms with Crippen LogP contribution >= 0.6 is 0 Å². The van der Waals surface area contributed by atoms with Gasteiger partial charge in [-0.25, -0.2) is 0 Å². The first-order valence-corrected chi connectivity index (χ1v) is 5.84. The average molecular weight is 204 g/mol. The molecule has 82 valence electrons. The van der Waals surface area contributed by atoms with Crippen LogP contribution in [0.4, 0.5) is 0 Å². The van der Waals surface area contributed by atoms with Crippen LogP contribution < -0.4 is 0 Å². The van der Waals surface area contributed by atoms with Crippen molar-refractivity contribution in [2.75, 3.05) is 0 Å². The summed E-state index contributed by atoms with van der Waals surface area (Å²) in [5.41, 5.74) is 2.80. The number of fused-ring (bicyclic) bond motifs is 1. The third-order valence-electron chi connectivity index (χ3n) is 2.92. The third-order valence-corrected chi connectivity index (χ3v) is 2.92. The summed E-state index contributed by atoms with van der Waals surface area (Å²) in [5, 5.41) is 0. The van der Waals surface area contributed by atoms with E-state index in [1.165, 1.54) is 11.1 Å². The van der Waals surface area contributed by atoms with E-state index in [1.807, 2.05) is 13.8 Å². The third kappa shape index (κ3) is 2.92. The van der Waals surface area contributed by atoms with Crippen LogP contribution in [0.25, 0.3) is 0 Å². The molecule has 2 rings (SSSR count). The number of carbonyl (C=O) groups is 1. The average Bonchev–Trinajstić information content (AvgIpc) is 2.31. The summed E-state index contributed by atoms with van der Waals surface area (Å²) in [7, 11) is 0. The maximum Gasteiger partial charge on any atom is 0.133 e. The zero-order chi connectivity index (χ0) is 11.3. The number of hydrogen-bond acceptors (Lipinski definition) is 1. The van der Waals surface area contributed by atoms with Crippen LogP contribution in [0.5, 0.6) is 0 Å². The van der Waals surface area contributed by atoms with Gasteiger partial charge in [-0.2, -0.15) is 0 Å². The normalized spacial score (nSPS) is 18.5. The van der Waals surface area contributed by atoms with Crippen LogP contribution in [-0.2, 0) is 17.6 Å². The SMILES string of the molecule is CC.CC(=O)C1CCc2ccccc2C1. The lowest BCUT2D eigenvalue weighted by molar-refractivity contribution is -0.121. The molecule has 1 aromatic carbocycles. The van der Waals surface area contributed by atoms with Crippen molar-refractivity contribution < 1.29 is 4.79 Å². The minimum Gasteiger partial charge on any atom is -0.300 e. The lowest BCUT2D eigenvalue weighted by atomic mass is 9.82. The second-order valence-corrected chi connectivity index (χ2v) is 3.82. The van der Waals surface area contributed by atoms with E-state index in [9.17, 15) is 4.79 Å². The van der Waals surface area contributed by atoms with Crippen LogP contribution in [0.15, 0.2) is 24.3 Å². The van der Waals surface area contributed by atoms with Gasteiger partial charge in [-0.3, -0.25) is 4.79 Å². The molecule has 0 amide bonds. The minimum absolute atomic E-state index is 0.273. The Kier molecular flexibility index (Phi) is 4.54. The fourth-order valence-electron chi connectivity index (χ4n) is 2.04. The van der Waals surface area contributed by atoms with E-state index >= 15 is 0 Å². The van der Waals surface area contributed by atoms with E-state index in [0.29, 0.717) is 5.78 Å². The first-order chi connectivity index (χ1) is 7.27. The second-order valence-electron chi connectivity index (χ2n) is 3.82. The maximum absolute atomic E-state index is 11.2. The van der Waals surface area contributed by atoms with Gasteiger partial charge in [0.2, 0.25) is 0 Å². The van der Waals surface area contributed by atoms with E-state index in [-0.39, 0.29) is 5.92 Å². The lowest BCUT2D eigenvalue weighted by Gasteiger charge is -2.22. The molecule has 0 aliphatic heterocycles. The lowest BCUT2D eigenvalue weighted by Crippen LogP contribution is -2.20. The Morgan fingerprint density at radius 3 is 2.40 bits per heavy atom. The van der Waals surface area contributed by atoms with Crippen LogP contribution in [-0.4, -0.2) is 5.78 Å². The molecule has 1 aliphatic carbocycles. The number of hydrogen-bond donors (Lipinski definition) is 0. The minimum atomic E-state index is 0.273. The van der Waals surface area contributed by atoms with Gasteiger partial charge < -0.3 is 0 Å². The Morgan fingerprint density at radius 2 is 1.80 bits per heavy atom. The number of aryl methyl sites for hydroxylation is 1. The molecular weight excluding hydrogens is 184 g/mol. The van der Waals surface area contributed by atoms with Gasteiger partial charge in [0.1, 0.15) is 5.78 Å². The number of ketones is 1. The summed E-state index contributed by atoms with van der Waals surface area (Å²) in [6.45, 7) is 5.71. The summed E-state index contributed by atoms with van der Waals surface area (Å²) in [4.78, 5) is 11.2. The maximum atomic E-state index is 11.2. The fraction of sp³-hybridized carbons (Fsp3) is 0.500. The molecule has 0 saturated carbocycles. The van der Waals surface area contributed by atoms with E-state index in [0.717, 1.165) is 19.3 Å². The van der Waals surface area contributed by atoms with Crippen LogP contribution in [0.3, 0.4) is 0 Å². The predicted octanol–water partition coefficient (Wildman–Crippen LogP) is 3.41. The molecular formula is C14H20O. The smallest absolute Gasteiger partial charge is 0.133 e. The summed E-state index contributed by atoms with van der Waals surface area (Å²) in [5.74, 6) is 0.615. The number of rotatable bonds is 1. The van der Waals surface area contributed by atoms with E-state index in [4.69, 9.17) is 0 Å². The van der Waals surface area contributed by atoms with Crippen molar-refractivity contribution in [3.05, 3.63) is 35.4 Å². The molecule has 1 atom stereocenters. The summed E-state index contributed by atoms with van der Waals surface area (Å²) in [6, 6.07) is 8.45. The monoisotopic (exact) mass is 204 g/mol. The molecule has 15 heavy (non-hydrogen) atoms. The summed E-state index contributed by atoms with van der Waals surface area (Å²) >= 11 is 0.